The third kappa shape index (κ3) is 5.88. The lowest BCUT2D eigenvalue weighted by molar-refractivity contribution is -0.134. The van der Waals surface area contributed by atoms with Crippen LogP contribution in [0.1, 0.15) is 56.6 Å². The minimum absolute atomic E-state index is 0.151. The van der Waals surface area contributed by atoms with Crippen LogP contribution in [0.15, 0.2) is 48.5 Å². The zero-order valence-corrected chi connectivity index (χ0v) is 19.8. The molecule has 1 unspecified atom stereocenters. The van der Waals surface area contributed by atoms with Gasteiger partial charge in [0.05, 0.1) is 5.69 Å². The Balaban J connectivity index is 1.47. The number of carbonyl (C=O) groups excluding carboxylic acids is 2. The SMILES string of the molecule is CCN(C(=O)C(CC1CCCCC1)NC(=O)OCc1ccccc1)N1CCc2cc(F)ccc21. The van der Waals surface area contributed by atoms with E-state index < -0.39 is 12.1 Å². The Morgan fingerprint density at radius 1 is 1.15 bits per heavy atom. The smallest absolute Gasteiger partial charge is 0.408 e. The van der Waals surface area contributed by atoms with Crippen molar-refractivity contribution in [2.24, 2.45) is 5.92 Å². The summed E-state index contributed by atoms with van der Waals surface area (Å²) in [6, 6.07) is 13.5. The molecule has 0 spiro atoms. The predicted octanol–water partition coefficient (Wildman–Crippen LogP) is 5.22. The lowest BCUT2D eigenvalue weighted by Crippen LogP contribution is -2.55. The molecule has 2 aliphatic rings. The molecule has 1 N–H and O–H groups in total. The second-order valence-corrected chi connectivity index (χ2v) is 9.20. The molecule has 0 saturated heterocycles. The molecule has 2 aromatic carbocycles. The molecular weight excluding hydrogens is 433 g/mol. The lowest BCUT2D eigenvalue weighted by atomic mass is 9.84. The number of carbonyl (C=O) groups is 2. The van der Waals surface area contributed by atoms with Gasteiger partial charge in [-0.15, -0.1) is 0 Å². The number of anilines is 1. The third-order valence-electron chi connectivity index (χ3n) is 6.85. The third-order valence-corrected chi connectivity index (χ3v) is 6.85. The number of alkyl carbamates (subject to hydrolysis) is 1. The van der Waals surface area contributed by atoms with Crippen molar-refractivity contribution in [3.63, 3.8) is 0 Å². The summed E-state index contributed by atoms with van der Waals surface area (Å²) >= 11 is 0. The first-order valence-electron chi connectivity index (χ1n) is 12.4. The molecule has 7 heteroatoms. The predicted molar refractivity (Wildman–Crippen MR) is 130 cm³/mol. The normalized spacial score (nSPS) is 16.6. The summed E-state index contributed by atoms with van der Waals surface area (Å²) in [7, 11) is 0. The van der Waals surface area contributed by atoms with Crippen LogP contribution in [0, 0.1) is 11.7 Å². The summed E-state index contributed by atoms with van der Waals surface area (Å²) in [6.45, 7) is 3.13. The number of rotatable bonds is 8. The molecular formula is C27H34FN3O3. The summed E-state index contributed by atoms with van der Waals surface area (Å²) in [4.78, 5) is 26.4. The highest BCUT2D eigenvalue weighted by atomic mass is 19.1. The fraction of sp³-hybridized carbons (Fsp3) is 0.481. The molecule has 1 heterocycles. The molecule has 4 rings (SSSR count). The maximum absolute atomic E-state index is 13.8. The molecule has 0 radical (unpaired) electrons. The number of hydrazine groups is 1. The van der Waals surface area contributed by atoms with Crippen molar-refractivity contribution >= 4 is 17.7 Å². The van der Waals surface area contributed by atoms with Gasteiger partial charge in [-0.2, -0.15) is 0 Å². The second kappa shape index (κ2) is 11.4. The molecule has 34 heavy (non-hydrogen) atoms. The Morgan fingerprint density at radius 2 is 1.91 bits per heavy atom. The number of halogens is 1. The van der Waals surface area contributed by atoms with Crippen LogP contribution in [-0.4, -0.2) is 36.1 Å². The molecule has 0 aromatic heterocycles. The largest absolute Gasteiger partial charge is 0.445 e. The topological polar surface area (TPSA) is 61.9 Å². The van der Waals surface area contributed by atoms with Gasteiger partial charge in [0.2, 0.25) is 0 Å². The molecule has 6 nitrogen and oxygen atoms in total. The summed E-state index contributed by atoms with van der Waals surface area (Å²) in [6.07, 6.45) is 6.38. The Morgan fingerprint density at radius 3 is 2.65 bits per heavy atom. The Hall–Kier alpha value is -3.09. The van der Waals surface area contributed by atoms with Crippen LogP contribution in [0.5, 0.6) is 0 Å². The minimum Gasteiger partial charge on any atom is -0.445 e. The van der Waals surface area contributed by atoms with Gasteiger partial charge in [0.1, 0.15) is 18.5 Å². The summed E-state index contributed by atoms with van der Waals surface area (Å²) in [5.41, 5.74) is 2.63. The van der Waals surface area contributed by atoms with Crippen molar-refractivity contribution in [1.29, 1.82) is 0 Å². The maximum atomic E-state index is 13.8. The highest BCUT2D eigenvalue weighted by Crippen LogP contribution is 2.32. The molecule has 2 aromatic rings. The fourth-order valence-electron chi connectivity index (χ4n) is 5.11. The van der Waals surface area contributed by atoms with Crippen LogP contribution in [0.4, 0.5) is 14.9 Å². The number of fused-ring (bicyclic) bond motifs is 1. The lowest BCUT2D eigenvalue weighted by Gasteiger charge is -2.36. The fourth-order valence-corrected chi connectivity index (χ4v) is 5.11. The number of hydrogen-bond acceptors (Lipinski definition) is 4. The average Bonchev–Trinajstić information content (AvgIpc) is 3.26. The minimum atomic E-state index is -0.671. The molecule has 182 valence electrons. The van der Waals surface area contributed by atoms with Crippen molar-refractivity contribution in [2.45, 2.75) is 64.5 Å². The van der Waals surface area contributed by atoms with Gasteiger partial charge < -0.3 is 10.1 Å². The molecule has 0 bridgehead atoms. The van der Waals surface area contributed by atoms with E-state index in [1.54, 1.807) is 11.1 Å². The highest BCUT2D eigenvalue weighted by molar-refractivity contribution is 5.87. The molecule has 1 saturated carbocycles. The molecule has 1 fully saturated rings. The first kappa shape index (κ1) is 24.0. The number of nitrogens with one attached hydrogen (secondary N) is 1. The summed E-state index contributed by atoms with van der Waals surface area (Å²) in [5, 5.41) is 6.47. The van der Waals surface area contributed by atoms with Gasteiger partial charge in [-0.1, -0.05) is 62.4 Å². The zero-order valence-electron chi connectivity index (χ0n) is 19.8. The van der Waals surface area contributed by atoms with E-state index in [1.807, 2.05) is 42.3 Å². The zero-order chi connectivity index (χ0) is 23.9. The highest BCUT2D eigenvalue weighted by Gasteiger charge is 2.34. The number of amides is 2. The van der Waals surface area contributed by atoms with Crippen molar-refractivity contribution in [3.05, 3.63) is 65.5 Å². The van der Waals surface area contributed by atoms with Gasteiger partial charge in [-0.25, -0.2) is 9.18 Å². The van der Waals surface area contributed by atoms with Crippen molar-refractivity contribution in [2.75, 3.05) is 18.1 Å². The van der Waals surface area contributed by atoms with E-state index in [9.17, 15) is 14.0 Å². The summed E-state index contributed by atoms with van der Waals surface area (Å²) < 4.78 is 19.1. The van der Waals surface area contributed by atoms with Crippen molar-refractivity contribution in [3.8, 4) is 0 Å². The van der Waals surface area contributed by atoms with Crippen LogP contribution < -0.4 is 10.3 Å². The quantitative estimate of drug-likeness (QED) is 0.578. The van der Waals surface area contributed by atoms with Crippen molar-refractivity contribution in [1.82, 2.24) is 10.3 Å². The molecule has 1 aliphatic carbocycles. The van der Waals surface area contributed by atoms with Gasteiger partial charge in [0, 0.05) is 13.1 Å². The van der Waals surface area contributed by atoms with Gasteiger partial charge in [0.15, 0.2) is 0 Å². The average molecular weight is 468 g/mol. The van der Waals surface area contributed by atoms with E-state index in [2.05, 4.69) is 5.32 Å². The Labute approximate surface area is 201 Å². The Bertz CT molecular complexity index is 978. The van der Waals surface area contributed by atoms with Gasteiger partial charge in [-0.05, 0) is 55.0 Å². The van der Waals surface area contributed by atoms with E-state index in [4.69, 9.17) is 4.74 Å². The molecule has 1 atom stereocenters. The monoisotopic (exact) mass is 467 g/mol. The first-order chi connectivity index (χ1) is 16.5. The standard InChI is InChI=1S/C27H34FN3O3/c1-2-30(31-16-15-22-18-23(28)13-14-25(22)31)26(32)24(17-20-9-5-3-6-10-20)29-27(33)34-19-21-11-7-4-8-12-21/h4,7-8,11-14,18,20,24H,2-3,5-6,9-10,15-17,19H2,1H3,(H,29,33). The second-order valence-electron chi connectivity index (χ2n) is 9.20. The van der Waals surface area contributed by atoms with E-state index in [1.165, 1.54) is 18.6 Å². The van der Waals surface area contributed by atoms with Crippen LogP contribution in [0.25, 0.3) is 0 Å². The van der Waals surface area contributed by atoms with Crippen LogP contribution in [0.2, 0.25) is 0 Å². The van der Waals surface area contributed by atoms with E-state index in [0.717, 1.165) is 42.5 Å². The molecule has 1 aliphatic heterocycles. The van der Waals surface area contributed by atoms with Crippen LogP contribution >= 0.6 is 0 Å². The van der Waals surface area contributed by atoms with E-state index >= 15 is 0 Å². The number of benzene rings is 2. The van der Waals surface area contributed by atoms with E-state index in [0.29, 0.717) is 31.8 Å². The first-order valence-corrected chi connectivity index (χ1v) is 12.4. The number of ether oxygens (including phenoxy) is 1. The van der Waals surface area contributed by atoms with Crippen LogP contribution in [0.3, 0.4) is 0 Å². The Kier molecular flexibility index (Phi) is 8.03. The number of likely N-dealkylation sites (N-methyl/N-ethyl adjacent to an activating group) is 1. The van der Waals surface area contributed by atoms with Gasteiger partial charge >= 0.3 is 6.09 Å². The summed E-state index contributed by atoms with van der Waals surface area (Å²) in [5.74, 6) is -0.0225. The van der Waals surface area contributed by atoms with Crippen molar-refractivity contribution < 1.29 is 18.7 Å². The van der Waals surface area contributed by atoms with Gasteiger partial charge in [-0.3, -0.25) is 14.8 Å². The number of hydrogen-bond donors (Lipinski definition) is 1. The number of nitrogens with zero attached hydrogens (tertiary/aromatic N) is 2. The molecule has 2 amide bonds. The van der Waals surface area contributed by atoms with Gasteiger partial charge in [0.25, 0.3) is 5.91 Å². The van der Waals surface area contributed by atoms with E-state index in [-0.39, 0.29) is 18.3 Å². The van der Waals surface area contributed by atoms with Crippen LogP contribution in [-0.2, 0) is 22.6 Å². The maximum Gasteiger partial charge on any atom is 0.408 e.